The van der Waals surface area contributed by atoms with Gasteiger partial charge < -0.3 is 29.0 Å². The molecule has 0 N–H and O–H groups in total. The summed E-state index contributed by atoms with van der Waals surface area (Å²) in [5.41, 5.74) is 0. The fourth-order valence-electron chi connectivity index (χ4n) is 2.26. The summed E-state index contributed by atoms with van der Waals surface area (Å²) in [7, 11) is 0. The summed E-state index contributed by atoms with van der Waals surface area (Å²) in [6, 6.07) is 0. The summed E-state index contributed by atoms with van der Waals surface area (Å²) in [6.45, 7) is 7.08. The molecule has 128 valence electrons. The van der Waals surface area contributed by atoms with Crippen LogP contribution in [0.3, 0.4) is 0 Å². The highest BCUT2D eigenvalue weighted by atomic mass is 16.5. The number of rotatable bonds is 4. The molecule has 0 unspecified atom stereocenters. The number of hydrogen-bond acceptors (Lipinski definition) is 6. The molecular weight excluding hydrogens is 290 g/mol. The van der Waals surface area contributed by atoms with Crippen LogP contribution < -0.4 is 5.11 Å². The van der Waals surface area contributed by atoms with Crippen LogP contribution in [0.4, 0.5) is 0 Å². The maximum Gasteiger partial charge on any atom is 0.225 e. The second-order valence-electron chi connectivity index (χ2n) is 5.52. The van der Waals surface area contributed by atoms with Crippen molar-refractivity contribution >= 4 is 11.9 Å². The molecule has 0 aromatic carbocycles. The van der Waals surface area contributed by atoms with Crippen LogP contribution in [0.1, 0.15) is 20.3 Å². The first-order valence-corrected chi connectivity index (χ1v) is 7.75. The predicted molar refractivity (Wildman–Crippen MR) is 77.0 cm³/mol. The van der Waals surface area contributed by atoms with Gasteiger partial charge in [0.1, 0.15) is 0 Å². The average molecular weight is 316 g/mol. The zero-order valence-corrected chi connectivity index (χ0v) is 13.4. The molecule has 7 nitrogen and oxygen atoms in total. The maximum atomic E-state index is 12.4. The fourth-order valence-corrected chi connectivity index (χ4v) is 2.26. The molecule has 0 radical (unpaired) electrons. The standard InChI is InChI=1S/C15H27NO6/c1-12(11-13(2)15(18)19)14(17)16-3-5-20-7-9-22-10-8-21-6-4-16/h12-13H,3-11H2,1-2H3,(H,18,19)/p-1/t12-,13-/m1/s1. The SMILES string of the molecule is C[C@H](C[C@@H](C)C(=O)N1CCOCCOCCOCC1)C(=O)[O-]. The van der Waals surface area contributed by atoms with Crippen LogP contribution in [-0.2, 0) is 23.8 Å². The largest absolute Gasteiger partial charge is 0.550 e. The van der Waals surface area contributed by atoms with Gasteiger partial charge >= 0.3 is 0 Å². The Kier molecular flexibility index (Phi) is 9.03. The van der Waals surface area contributed by atoms with E-state index in [0.717, 1.165) is 0 Å². The van der Waals surface area contributed by atoms with Gasteiger partial charge in [0, 0.05) is 25.0 Å². The molecule has 1 aliphatic rings. The Labute approximate surface area is 131 Å². The molecule has 1 fully saturated rings. The van der Waals surface area contributed by atoms with Crippen molar-refractivity contribution in [1.82, 2.24) is 4.90 Å². The minimum absolute atomic E-state index is 0.0754. The molecule has 0 aromatic rings. The zero-order valence-electron chi connectivity index (χ0n) is 13.4. The lowest BCUT2D eigenvalue weighted by atomic mass is 9.96. The normalized spacial score (nSPS) is 21.3. The monoisotopic (exact) mass is 316 g/mol. The van der Waals surface area contributed by atoms with Gasteiger partial charge in [0.05, 0.1) is 39.6 Å². The quantitative estimate of drug-likeness (QED) is 0.681. The Hall–Kier alpha value is -1.18. The van der Waals surface area contributed by atoms with Crippen LogP contribution in [0.25, 0.3) is 0 Å². The number of carboxylic acids is 1. The highest BCUT2D eigenvalue weighted by Crippen LogP contribution is 2.14. The molecule has 7 heteroatoms. The van der Waals surface area contributed by atoms with Crippen molar-refractivity contribution in [3.8, 4) is 0 Å². The van der Waals surface area contributed by atoms with Gasteiger partial charge in [0.25, 0.3) is 0 Å². The van der Waals surface area contributed by atoms with E-state index in [9.17, 15) is 14.7 Å². The molecule has 1 aliphatic heterocycles. The van der Waals surface area contributed by atoms with Crippen LogP contribution in [0.5, 0.6) is 0 Å². The summed E-state index contributed by atoms with van der Waals surface area (Å²) in [5.74, 6) is -2.21. The van der Waals surface area contributed by atoms with Crippen molar-refractivity contribution in [2.75, 3.05) is 52.7 Å². The van der Waals surface area contributed by atoms with E-state index in [-0.39, 0.29) is 18.2 Å². The highest BCUT2D eigenvalue weighted by Gasteiger charge is 2.22. The number of carbonyl (C=O) groups excluding carboxylic acids is 2. The van der Waals surface area contributed by atoms with Crippen LogP contribution in [0.2, 0.25) is 0 Å². The molecule has 1 saturated heterocycles. The first kappa shape index (κ1) is 18.9. The Bertz CT molecular complexity index is 337. The third-order valence-corrected chi connectivity index (χ3v) is 3.60. The Morgan fingerprint density at radius 1 is 0.909 bits per heavy atom. The number of hydrogen-bond donors (Lipinski definition) is 0. The summed E-state index contributed by atoms with van der Waals surface area (Å²) >= 11 is 0. The summed E-state index contributed by atoms with van der Waals surface area (Å²) in [4.78, 5) is 24.9. The molecule has 0 saturated carbocycles. The smallest absolute Gasteiger partial charge is 0.225 e. The van der Waals surface area contributed by atoms with Gasteiger partial charge in [-0.1, -0.05) is 13.8 Å². The van der Waals surface area contributed by atoms with Gasteiger partial charge in [0.2, 0.25) is 5.91 Å². The molecule has 1 heterocycles. The molecule has 0 aliphatic carbocycles. The molecule has 1 rings (SSSR count). The minimum Gasteiger partial charge on any atom is -0.550 e. The number of nitrogens with zero attached hydrogens (tertiary/aromatic N) is 1. The third-order valence-electron chi connectivity index (χ3n) is 3.60. The number of amides is 1. The van der Waals surface area contributed by atoms with E-state index in [1.54, 1.807) is 18.7 Å². The predicted octanol–water partition coefficient (Wildman–Crippen LogP) is -0.709. The van der Waals surface area contributed by atoms with E-state index in [1.807, 2.05) is 0 Å². The van der Waals surface area contributed by atoms with Gasteiger partial charge in [0.15, 0.2) is 0 Å². The fraction of sp³-hybridized carbons (Fsp3) is 0.867. The summed E-state index contributed by atoms with van der Waals surface area (Å²) < 4.78 is 16.1. The van der Waals surface area contributed by atoms with Crippen LogP contribution in [0.15, 0.2) is 0 Å². The minimum atomic E-state index is -1.12. The van der Waals surface area contributed by atoms with E-state index in [4.69, 9.17) is 14.2 Å². The van der Waals surface area contributed by atoms with Gasteiger partial charge in [-0.3, -0.25) is 4.79 Å². The molecule has 2 atom stereocenters. The molecule has 0 aromatic heterocycles. The van der Waals surface area contributed by atoms with E-state index < -0.39 is 11.9 Å². The molecule has 0 bridgehead atoms. The van der Waals surface area contributed by atoms with Crippen molar-refractivity contribution in [2.45, 2.75) is 20.3 Å². The second kappa shape index (κ2) is 10.5. The lowest BCUT2D eigenvalue weighted by Crippen LogP contribution is -2.41. The van der Waals surface area contributed by atoms with E-state index in [2.05, 4.69) is 0 Å². The van der Waals surface area contributed by atoms with E-state index in [1.165, 1.54) is 0 Å². The first-order valence-electron chi connectivity index (χ1n) is 7.75. The maximum absolute atomic E-state index is 12.4. The zero-order chi connectivity index (χ0) is 16.4. The number of carbonyl (C=O) groups is 2. The lowest BCUT2D eigenvalue weighted by molar-refractivity contribution is -0.311. The topological polar surface area (TPSA) is 88.1 Å². The van der Waals surface area contributed by atoms with Gasteiger partial charge in [-0.2, -0.15) is 0 Å². The van der Waals surface area contributed by atoms with Crippen LogP contribution in [0, 0.1) is 11.8 Å². The van der Waals surface area contributed by atoms with E-state index in [0.29, 0.717) is 52.7 Å². The summed E-state index contributed by atoms with van der Waals surface area (Å²) in [5, 5.41) is 10.8. The van der Waals surface area contributed by atoms with Gasteiger partial charge in [-0.25, -0.2) is 0 Å². The van der Waals surface area contributed by atoms with E-state index >= 15 is 0 Å². The van der Waals surface area contributed by atoms with Crippen molar-refractivity contribution in [2.24, 2.45) is 11.8 Å². The number of carboxylic acid groups (broad SMARTS) is 1. The number of ether oxygens (including phenoxy) is 3. The average Bonchev–Trinajstić information content (AvgIpc) is 2.47. The summed E-state index contributed by atoms with van der Waals surface area (Å²) in [6.07, 6.45) is 0.271. The van der Waals surface area contributed by atoms with Crippen LogP contribution >= 0.6 is 0 Å². The van der Waals surface area contributed by atoms with Crippen LogP contribution in [-0.4, -0.2) is 69.5 Å². The number of aliphatic carboxylic acids is 1. The molecule has 22 heavy (non-hydrogen) atoms. The van der Waals surface area contributed by atoms with Crippen molar-refractivity contribution in [3.63, 3.8) is 0 Å². The van der Waals surface area contributed by atoms with Gasteiger partial charge in [-0.05, 0) is 12.3 Å². The molecule has 1 amide bonds. The Morgan fingerprint density at radius 3 is 1.82 bits per heavy atom. The van der Waals surface area contributed by atoms with Crippen molar-refractivity contribution < 1.29 is 28.9 Å². The van der Waals surface area contributed by atoms with Crippen molar-refractivity contribution in [1.29, 1.82) is 0 Å². The third kappa shape index (κ3) is 7.20. The lowest BCUT2D eigenvalue weighted by Gasteiger charge is -2.27. The van der Waals surface area contributed by atoms with Crippen molar-refractivity contribution in [3.05, 3.63) is 0 Å². The van der Waals surface area contributed by atoms with Gasteiger partial charge in [-0.15, -0.1) is 0 Å². The second-order valence-corrected chi connectivity index (χ2v) is 5.52. The Morgan fingerprint density at radius 2 is 1.36 bits per heavy atom. The first-order chi connectivity index (χ1) is 10.5. The highest BCUT2D eigenvalue weighted by molar-refractivity contribution is 5.79. The Balaban J connectivity index is 2.51. The molecule has 0 spiro atoms. The molecular formula is C15H26NO6-.